The van der Waals surface area contributed by atoms with Gasteiger partial charge in [-0.05, 0) is 18.1 Å². The number of rotatable bonds is 5. The van der Waals surface area contributed by atoms with E-state index < -0.39 is 17.9 Å². The molecule has 3 rings (SSSR count). The molecule has 0 saturated heterocycles. The number of carbonyl (C=O) groups is 2. The van der Waals surface area contributed by atoms with Crippen molar-refractivity contribution in [3.63, 3.8) is 0 Å². The Morgan fingerprint density at radius 1 is 1.00 bits per heavy atom. The van der Waals surface area contributed by atoms with E-state index in [1.807, 2.05) is 13.8 Å². The van der Waals surface area contributed by atoms with Crippen LogP contribution < -0.4 is 20.1 Å². The molecule has 0 fully saturated rings. The van der Waals surface area contributed by atoms with E-state index in [1.165, 1.54) is 0 Å². The van der Waals surface area contributed by atoms with Crippen molar-refractivity contribution in [2.45, 2.75) is 19.9 Å². The lowest BCUT2D eigenvalue weighted by molar-refractivity contribution is -0.118. The van der Waals surface area contributed by atoms with Crippen LogP contribution >= 0.6 is 23.2 Å². The Hall–Kier alpha value is -2.44. The van der Waals surface area contributed by atoms with Crippen LogP contribution in [0.15, 0.2) is 36.4 Å². The lowest BCUT2D eigenvalue weighted by atomic mass is 10.0. The van der Waals surface area contributed by atoms with Gasteiger partial charge in [0.15, 0.2) is 11.5 Å². The molecule has 1 atom stereocenters. The Balaban J connectivity index is 1.77. The van der Waals surface area contributed by atoms with Gasteiger partial charge >= 0.3 is 0 Å². The fourth-order valence-electron chi connectivity index (χ4n) is 2.77. The predicted molar refractivity (Wildman–Crippen MR) is 109 cm³/mol. The zero-order chi connectivity index (χ0) is 20.3. The zero-order valence-corrected chi connectivity index (χ0v) is 16.9. The zero-order valence-electron chi connectivity index (χ0n) is 15.4. The largest absolute Gasteiger partial charge is 0.486 e. The molecule has 0 bridgehead atoms. The Labute approximate surface area is 173 Å². The minimum absolute atomic E-state index is 0.164. The third kappa shape index (κ3) is 4.51. The molecule has 2 aromatic carbocycles. The Kier molecular flexibility index (Phi) is 6.31. The second-order valence-electron chi connectivity index (χ2n) is 6.64. The van der Waals surface area contributed by atoms with Crippen molar-refractivity contribution in [2.24, 2.45) is 5.92 Å². The number of fused-ring (bicyclic) bond motifs is 1. The smallest absolute Gasteiger partial charge is 0.253 e. The van der Waals surface area contributed by atoms with E-state index in [0.29, 0.717) is 46.0 Å². The van der Waals surface area contributed by atoms with Gasteiger partial charge in [0, 0.05) is 12.1 Å². The van der Waals surface area contributed by atoms with Crippen molar-refractivity contribution in [3.05, 3.63) is 52.0 Å². The molecule has 2 aromatic rings. The van der Waals surface area contributed by atoms with Crippen LogP contribution in [-0.2, 0) is 4.79 Å². The molecule has 0 radical (unpaired) electrons. The molecule has 0 spiro atoms. The molecule has 2 N–H and O–H groups in total. The van der Waals surface area contributed by atoms with Gasteiger partial charge in [-0.25, -0.2) is 0 Å². The van der Waals surface area contributed by atoms with Crippen LogP contribution in [0.5, 0.6) is 11.5 Å². The van der Waals surface area contributed by atoms with Crippen LogP contribution in [0.4, 0.5) is 5.69 Å². The number of benzene rings is 2. The van der Waals surface area contributed by atoms with E-state index >= 15 is 0 Å². The van der Waals surface area contributed by atoms with Crippen molar-refractivity contribution < 1.29 is 19.1 Å². The normalized spacial score (nSPS) is 13.8. The molecule has 0 saturated carbocycles. The molecule has 0 aromatic heterocycles. The van der Waals surface area contributed by atoms with Crippen molar-refractivity contribution >= 4 is 40.7 Å². The highest BCUT2D eigenvalue weighted by Crippen LogP contribution is 2.38. The second-order valence-corrected chi connectivity index (χ2v) is 7.45. The lowest BCUT2D eigenvalue weighted by Crippen LogP contribution is -2.47. The summed E-state index contributed by atoms with van der Waals surface area (Å²) in [5.74, 6) is 0.0537. The van der Waals surface area contributed by atoms with Gasteiger partial charge in [0.2, 0.25) is 5.91 Å². The van der Waals surface area contributed by atoms with Crippen LogP contribution in [0.2, 0.25) is 10.0 Å². The van der Waals surface area contributed by atoms with E-state index in [0.717, 1.165) is 0 Å². The van der Waals surface area contributed by atoms with Crippen LogP contribution in [0.25, 0.3) is 0 Å². The second kappa shape index (κ2) is 8.71. The molecule has 1 heterocycles. The first kappa shape index (κ1) is 20.3. The van der Waals surface area contributed by atoms with Gasteiger partial charge in [0.05, 0.1) is 21.3 Å². The molecule has 6 nitrogen and oxygen atoms in total. The van der Waals surface area contributed by atoms with Gasteiger partial charge in [-0.1, -0.05) is 49.2 Å². The van der Waals surface area contributed by atoms with Gasteiger partial charge in [0.25, 0.3) is 5.91 Å². The Morgan fingerprint density at radius 3 is 2.29 bits per heavy atom. The molecule has 1 aliphatic rings. The van der Waals surface area contributed by atoms with E-state index in [4.69, 9.17) is 32.7 Å². The first-order valence-corrected chi connectivity index (χ1v) is 9.58. The molecule has 0 aliphatic carbocycles. The Bertz CT molecular complexity index is 902. The average molecular weight is 423 g/mol. The third-order valence-corrected chi connectivity index (χ3v) is 4.89. The Morgan fingerprint density at radius 2 is 1.64 bits per heavy atom. The first-order chi connectivity index (χ1) is 13.4. The highest BCUT2D eigenvalue weighted by Gasteiger charge is 2.26. The summed E-state index contributed by atoms with van der Waals surface area (Å²) in [5.41, 5.74) is 0.688. The quantitative estimate of drug-likeness (QED) is 0.758. The van der Waals surface area contributed by atoms with Gasteiger partial charge < -0.3 is 20.1 Å². The standard InChI is InChI=1S/C20H20Cl2N2O4/c1-11(2)18(24-19(25)12-5-3-4-6-13(12)21)20(26)23-15-10-17-16(9-14(15)22)27-7-8-28-17/h3-6,9-11,18H,7-8H2,1-2H3,(H,23,26)(H,24,25)/t18-/m0/s1. The highest BCUT2D eigenvalue weighted by atomic mass is 35.5. The van der Waals surface area contributed by atoms with Crippen LogP contribution in [0.3, 0.4) is 0 Å². The summed E-state index contributed by atoms with van der Waals surface area (Å²) in [6.07, 6.45) is 0. The van der Waals surface area contributed by atoms with Gasteiger partial charge in [-0.2, -0.15) is 0 Å². The van der Waals surface area contributed by atoms with Crippen molar-refractivity contribution in [3.8, 4) is 11.5 Å². The minimum atomic E-state index is -0.784. The summed E-state index contributed by atoms with van der Waals surface area (Å²) >= 11 is 12.3. The van der Waals surface area contributed by atoms with Crippen molar-refractivity contribution in [2.75, 3.05) is 18.5 Å². The summed E-state index contributed by atoms with van der Waals surface area (Å²) in [5, 5.41) is 6.13. The van der Waals surface area contributed by atoms with E-state index in [1.54, 1.807) is 36.4 Å². The number of amides is 2. The number of hydrogen-bond acceptors (Lipinski definition) is 4. The summed E-state index contributed by atoms with van der Waals surface area (Å²) in [6, 6.07) is 9.09. The molecular formula is C20H20Cl2N2O4. The number of anilines is 1. The van der Waals surface area contributed by atoms with E-state index in [9.17, 15) is 9.59 Å². The molecule has 2 amide bonds. The number of nitrogens with one attached hydrogen (secondary N) is 2. The van der Waals surface area contributed by atoms with Crippen molar-refractivity contribution in [1.82, 2.24) is 5.32 Å². The minimum Gasteiger partial charge on any atom is -0.486 e. The third-order valence-electron chi connectivity index (χ3n) is 4.24. The molecule has 148 valence electrons. The van der Waals surface area contributed by atoms with Gasteiger partial charge in [-0.3, -0.25) is 9.59 Å². The summed E-state index contributed by atoms with van der Waals surface area (Å²) in [4.78, 5) is 25.4. The molecule has 1 aliphatic heterocycles. The lowest BCUT2D eigenvalue weighted by Gasteiger charge is -2.23. The maximum Gasteiger partial charge on any atom is 0.253 e. The van der Waals surface area contributed by atoms with Crippen LogP contribution in [-0.4, -0.2) is 31.1 Å². The molecular weight excluding hydrogens is 403 g/mol. The summed E-state index contributed by atoms with van der Waals surface area (Å²) in [6.45, 7) is 4.54. The molecule has 0 unspecified atom stereocenters. The molecule has 28 heavy (non-hydrogen) atoms. The highest BCUT2D eigenvalue weighted by molar-refractivity contribution is 6.34. The number of hydrogen-bond donors (Lipinski definition) is 2. The number of carbonyl (C=O) groups excluding carboxylic acids is 2. The SMILES string of the molecule is CC(C)[C@H](NC(=O)c1ccccc1Cl)C(=O)Nc1cc2c(cc1Cl)OCCO2. The van der Waals surface area contributed by atoms with Gasteiger partial charge in [-0.15, -0.1) is 0 Å². The number of halogens is 2. The summed E-state index contributed by atoms with van der Waals surface area (Å²) in [7, 11) is 0. The topological polar surface area (TPSA) is 76.7 Å². The monoisotopic (exact) mass is 422 g/mol. The number of ether oxygens (including phenoxy) is 2. The van der Waals surface area contributed by atoms with E-state index in [2.05, 4.69) is 10.6 Å². The fraction of sp³-hybridized carbons (Fsp3) is 0.300. The average Bonchev–Trinajstić information content (AvgIpc) is 2.66. The van der Waals surface area contributed by atoms with Crippen LogP contribution in [0, 0.1) is 5.92 Å². The fourth-order valence-corrected chi connectivity index (χ4v) is 3.19. The van der Waals surface area contributed by atoms with E-state index in [-0.39, 0.29) is 5.92 Å². The van der Waals surface area contributed by atoms with Crippen molar-refractivity contribution in [1.29, 1.82) is 0 Å². The van der Waals surface area contributed by atoms with Crippen LogP contribution in [0.1, 0.15) is 24.2 Å². The maximum absolute atomic E-state index is 12.8. The molecule has 8 heteroatoms. The predicted octanol–water partition coefficient (Wildman–Crippen LogP) is 4.16. The first-order valence-electron chi connectivity index (χ1n) is 8.82. The summed E-state index contributed by atoms with van der Waals surface area (Å²) < 4.78 is 11.0. The maximum atomic E-state index is 12.8. The van der Waals surface area contributed by atoms with Gasteiger partial charge in [0.1, 0.15) is 19.3 Å².